The Morgan fingerprint density at radius 3 is 2.93 bits per heavy atom. The van der Waals surface area contributed by atoms with Crippen LogP contribution in [0, 0.1) is 6.92 Å². The van der Waals surface area contributed by atoms with Crippen LogP contribution < -0.4 is 5.32 Å². The molecule has 0 radical (unpaired) electrons. The van der Waals surface area contributed by atoms with Crippen LogP contribution in [0.2, 0.25) is 0 Å². The number of rotatable bonds is 9. The number of carboxylic acid groups (broad SMARTS) is 1. The van der Waals surface area contributed by atoms with Gasteiger partial charge in [-0.2, -0.15) is 0 Å². The molecule has 2 N–H and O–H groups in total. The SMILES string of the molecule is Cc1cccc(C(C)C)c1NC[C@H]1CCC(=O)N1CCSc1nc(C(=O)O)cs1. The van der Waals surface area contributed by atoms with Gasteiger partial charge in [-0.1, -0.05) is 43.8 Å². The minimum atomic E-state index is -1.01. The molecule has 1 saturated heterocycles. The molecule has 1 atom stereocenters. The Morgan fingerprint density at radius 2 is 2.24 bits per heavy atom. The summed E-state index contributed by atoms with van der Waals surface area (Å²) >= 11 is 2.83. The molecule has 156 valence electrons. The van der Waals surface area contributed by atoms with Gasteiger partial charge < -0.3 is 15.3 Å². The molecule has 8 heteroatoms. The zero-order valence-electron chi connectivity index (χ0n) is 17.0. The molecule has 1 aromatic carbocycles. The normalized spacial score (nSPS) is 16.6. The zero-order chi connectivity index (χ0) is 21.0. The van der Waals surface area contributed by atoms with Crippen LogP contribution in [0.25, 0.3) is 0 Å². The van der Waals surface area contributed by atoms with Crippen LogP contribution in [0.3, 0.4) is 0 Å². The number of nitrogens with one attached hydrogen (secondary N) is 1. The maximum absolute atomic E-state index is 12.4. The van der Waals surface area contributed by atoms with E-state index in [1.807, 2.05) is 4.90 Å². The lowest BCUT2D eigenvalue weighted by Crippen LogP contribution is -2.39. The lowest BCUT2D eigenvalue weighted by Gasteiger charge is -2.26. The number of carbonyl (C=O) groups excluding carboxylic acids is 1. The summed E-state index contributed by atoms with van der Waals surface area (Å²) < 4.78 is 0.727. The first-order valence-electron chi connectivity index (χ1n) is 9.81. The molecule has 6 nitrogen and oxygen atoms in total. The first kappa shape index (κ1) is 21.6. The third-order valence-corrected chi connectivity index (χ3v) is 7.16. The maximum Gasteiger partial charge on any atom is 0.355 e. The summed E-state index contributed by atoms with van der Waals surface area (Å²) in [6.45, 7) is 7.87. The van der Waals surface area contributed by atoms with E-state index in [0.717, 1.165) is 17.3 Å². The molecule has 0 spiro atoms. The highest BCUT2D eigenvalue weighted by Gasteiger charge is 2.30. The van der Waals surface area contributed by atoms with E-state index in [-0.39, 0.29) is 17.6 Å². The highest BCUT2D eigenvalue weighted by Crippen LogP contribution is 2.29. The predicted molar refractivity (Wildman–Crippen MR) is 118 cm³/mol. The van der Waals surface area contributed by atoms with Crippen molar-refractivity contribution >= 4 is 40.7 Å². The van der Waals surface area contributed by atoms with Crippen molar-refractivity contribution < 1.29 is 14.7 Å². The van der Waals surface area contributed by atoms with Gasteiger partial charge in [0.25, 0.3) is 0 Å². The third-order valence-electron chi connectivity index (χ3n) is 5.15. The van der Waals surface area contributed by atoms with Gasteiger partial charge >= 0.3 is 5.97 Å². The van der Waals surface area contributed by atoms with E-state index in [4.69, 9.17) is 5.11 Å². The second-order valence-corrected chi connectivity index (χ2v) is 9.71. The number of para-hydroxylation sites is 1. The van der Waals surface area contributed by atoms with E-state index in [1.54, 1.807) is 5.38 Å². The minimum Gasteiger partial charge on any atom is -0.476 e. The van der Waals surface area contributed by atoms with Crippen molar-refractivity contribution in [2.24, 2.45) is 0 Å². The fourth-order valence-corrected chi connectivity index (χ4v) is 5.41. The van der Waals surface area contributed by atoms with Crippen LogP contribution in [0.5, 0.6) is 0 Å². The molecule has 0 aliphatic carbocycles. The molecule has 1 amide bonds. The van der Waals surface area contributed by atoms with Crippen molar-refractivity contribution in [2.45, 2.75) is 49.9 Å². The van der Waals surface area contributed by atoms with E-state index in [1.165, 1.54) is 39.9 Å². The molecule has 0 saturated carbocycles. The average Bonchev–Trinajstić information content (AvgIpc) is 3.28. The number of benzene rings is 1. The molecule has 1 aliphatic rings. The second-order valence-electron chi connectivity index (χ2n) is 7.51. The number of hydrogen-bond donors (Lipinski definition) is 2. The molecule has 29 heavy (non-hydrogen) atoms. The molecule has 0 unspecified atom stereocenters. The fourth-order valence-electron chi connectivity index (χ4n) is 3.60. The van der Waals surface area contributed by atoms with Crippen LogP contribution in [0.1, 0.15) is 54.2 Å². The Labute approximate surface area is 179 Å². The van der Waals surface area contributed by atoms with Gasteiger partial charge in [0.15, 0.2) is 10.0 Å². The van der Waals surface area contributed by atoms with E-state index in [2.05, 4.69) is 49.3 Å². The zero-order valence-corrected chi connectivity index (χ0v) is 18.6. The van der Waals surface area contributed by atoms with Gasteiger partial charge in [0.1, 0.15) is 0 Å². The Balaban J connectivity index is 1.57. The van der Waals surface area contributed by atoms with Gasteiger partial charge in [-0.05, 0) is 30.4 Å². The number of carbonyl (C=O) groups is 2. The predicted octanol–water partition coefficient (Wildman–Crippen LogP) is 4.47. The molecular weight excluding hydrogens is 406 g/mol. The van der Waals surface area contributed by atoms with Gasteiger partial charge in [0.05, 0.1) is 0 Å². The molecule has 1 aromatic heterocycles. The summed E-state index contributed by atoms with van der Waals surface area (Å²) in [7, 11) is 0. The van der Waals surface area contributed by atoms with Crippen molar-refractivity contribution in [2.75, 3.05) is 24.2 Å². The first-order chi connectivity index (χ1) is 13.9. The van der Waals surface area contributed by atoms with Crippen LogP contribution in [-0.4, -0.2) is 51.8 Å². The molecule has 3 rings (SSSR count). The standard InChI is InChI=1S/C21H27N3O3S2/c1-13(2)16-6-4-5-14(3)19(16)22-11-15-7-8-18(25)24(15)9-10-28-21-23-17(12-29-21)20(26)27/h4-6,12-13,15,22H,7-11H2,1-3H3,(H,26,27)/t15-/m1/s1. The van der Waals surface area contributed by atoms with Gasteiger partial charge in [0.2, 0.25) is 5.91 Å². The highest BCUT2D eigenvalue weighted by atomic mass is 32.2. The lowest BCUT2D eigenvalue weighted by atomic mass is 9.98. The van der Waals surface area contributed by atoms with Crippen LogP contribution in [-0.2, 0) is 4.79 Å². The van der Waals surface area contributed by atoms with E-state index >= 15 is 0 Å². The summed E-state index contributed by atoms with van der Waals surface area (Å²) in [5, 5.41) is 14.1. The summed E-state index contributed by atoms with van der Waals surface area (Å²) in [4.78, 5) is 29.4. The Bertz CT molecular complexity index is 882. The number of thioether (sulfide) groups is 1. The molecule has 0 bridgehead atoms. The fraction of sp³-hybridized carbons (Fsp3) is 0.476. The number of likely N-dealkylation sites (tertiary alicyclic amines) is 1. The summed E-state index contributed by atoms with van der Waals surface area (Å²) in [5.41, 5.74) is 3.78. The van der Waals surface area contributed by atoms with Crippen LogP contribution >= 0.6 is 23.1 Å². The molecule has 1 aliphatic heterocycles. The summed E-state index contributed by atoms with van der Waals surface area (Å²) in [6, 6.07) is 6.54. The number of anilines is 1. The number of aromatic carboxylic acids is 1. The molecular formula is C21H27N3O3S2. The highest BCUT2D eigenvalue weighted by molar-refractivity contribution is 8.01. The Hall–Kier alpha value is -2.06. The minimum absolute atomic E-state index is 0.0796. The lowest BCUT2D eigenvalue weighted by molar-refractivity contribution is -0.128. The Kier molecular flexibility index (Phi) is 7.18. The topological polar surface area (TPSA) is 82.5 Å². The number of aryl methyl sites for hydroxylation is 1. The van der Waals surface area contributed by atoms with Crippen molar-refractivity contribution in [1.29, 1.82) is 0 Å². The molecule has 2 heterocycles. The number of amides is 1. The van der Waals surface area contributed by atoms with Crippen molar-refractivity contribution in [3.05, 3.63) is 40.4 Å². The molecule has 2 aromatic rings. The first-order valence-corrected chi connectivity index (χ1v) is 11.7. The van der Waals surface area contributed by atoms with Gasteiger partial charge in [0, 0.05) is 42.4 Å². The smallest absolute Gasteiger partial charge is 0.355 e. The number of thiazole rings is 1. The summed E-state index contributed by atoms with van der Waals surface area (Å²) in [6.07, 6.45) is 1.45. The summed E-state index contributed by atoms with van der Waals surface area (Å²) in [5.74, 6) is 0.322. The van der Waals surface area contributed by atoms with Crippen molar-refractivity contribution in [3.63, 3.8) is 0 Å². The Morgan fingerprint density at radius 1 is 1.45 bits per heavy atom. The number of nitrogens with zero attached hydrogens (tertiary/aromatic N) is 2. The number of carboxylic acids is 1. The van der Waals surface area contributed by atoms with E-state index < -0.39 is 5.97 Å². The second kappa shape index (κ2) is 9.63. The monoisotopic (exact) mass is 433 g/mol. The van der Waals surface area contributed by atoms with Crippen molar-refractivity contribution in [1.82, 2.24) is 9.88 Å². The van der Waals surface area contributed by atoms with E-state index in [9.17, 15) is 9.59 Å². The molecule has 1 fully saturated rings. The third kappa shape index (κ3) is 5.30. The van der Waals surface area contributed by atoms with E-state index in [0.29, 0.717) is 24.6 Å². The average molecular weight is 434 g/mol. The quantitative estimate of drug-likeness (QED) is 0.568. The van der Waals surface area contributed by atoms with Gasteiger partial charge in [-0.15, -0.1) is 11.3 Å². The van der Waals surface area contributed by atoms with Gasteiger partial charge in [-0.3, -0.25) is 4.79 Å². The van der Waals surface area contributed by atoms with Gasteiger partial charge in [-0.25, -0.2) is 9.78 Å². The maximum atomic E-state index is 12.4. The largest absolute Gasteiger partial charge is 0.476 e. The van der Waals surface area contributed by atoms with Crippen LogP contribution in [0.4, 0.5) is 5.69 Å². The number of hydrogen-bond acceptors (Lipinski definition) is 6. The van der Waals surface area contributed by atoms with Crippen molar-refractivity contribution in [3.8, 4) is 0 Å². The van der Waals surface area contributed by atoms with Crippen LogP contribution in [0.15, 0.2) is 27.9 Å². The number of aromatic nitrogens is 1.